The Hall–Kier alpha value is -2.45. The number of rotatable bonds is 7. The van der Waals surface area contributed by atoms with E-state index in [1.54, 1.807) is 13.8 Å². The molecule has 1 aliphatic heterocycles. The van der Waals surface area contributed by atoms with Crippen LogP contribution in [-0.4, -0.2) is 65.1 Å². The number of imide groups is 2. The Morgan fingerprint density at radius 3 is 2.23 bits per heavy atom. The van der Waals surface area contributed by atoms with E-state index in [-0.39, 0.29) is 12.5 Å². The first-order chi connectivity index (χ1) is 10.3. The lowest BCUT2D eigenvalue weighted by Gasteiger charge is -2.17. The molecule has 1 rings (SSSR count). The van der Waals surface area contributed by atoms with E-state index in [1.165, 1.54) is 6.92 Å². The normalized spacial score (nSPS) is 16.0. The molecule has 0 aromatic rings. The van der Waals surface area contributed by atoms with Gasteiger partial charge in [-0.25, -0.2) is 9.69 Å². The first-order valence-electron chi connectivity index (χ1n) is 7.07. The van der Waals surface area contributed by atoms with E-state index in [4.69, 9.17) is 0 Å². The number of hydrogen-bond donors (Lipinski definition) is 2. The van der Waals surface area contributed by atoms with Gasteiger partial charge in [0.1, 0.15) is 12.6 Å². The molecule has 122 valence electrons. The molecule has 1 atom stereocenters. The molecule has 0 radical (unpaired) electrons. The van der Waals surface area contributed by atoms with Crippen LogP contribution < -0.4 is 10.6 Å². The average Bonchev–Trinajstić information content (AvgIpc) is 2.65. The number of likely N-dealkylation sites (N-methyl/N-ethyl adjacent to an activating group) is 1. The number of carbonyl (C=O) groups excluding carboxylic acids is 5. The third-order valence-electron chi connectivity index (χ3n) is 3.01. The Morgan fingerprint density at radius 2 is 1.68 bits per heavy atom. The number of hydrogen-bond acceptors (Lipinski definition) is 5. The fourth-order valence-corrected chi connectivity index (χ4v) is 1.93. The van der Waals surface area contributed by atoms with Crippen LogP contribution in [0.1, 0.15) is 27.2 Å². The number of carbonyl (C=O) groups is 5. The summed E-state index contributed by atoms with van der Waals surface area (Å²) < 4.78 is 0. The Kier molecular flexibility index (Phi) is 6.02. The van der Waals surface area contributed by atoms with Gasteiger partial charge in [0.05, 0.1) is 0 Å². The van der Waals surface area contributed by atoms with Gasteiger partial charge in [-0.15, -0.1) is 0 Å². The summed E-state index contributed by atoms with van der Waals surface area (Å²) in [6.07, 6.45) is 0.513. The fourth-order valence-electron chi connectivity index (χ4n) is 1.93. The molecular weight excluding hydrogens is 292 g/mol. The van der Waals surface area contributed by atoms with Crippen molar-refractivity contribution in [2.24, 2.45) is 0 Å². The van der Waals surface area contributed by atoms with Gasteiger partial charge in [0.25, 0.3) is 0 Å². The number of amides is 6. The third kappa shape index (κ3) is 3.80. The third-order valence-corrected chi connectivity index (χ3v) is 3.01. The molecule has 0 bridgehead atoms. The smallest absolute Gasteiger partial charge is 0.334 e. The number of nitrogens with one attached hydrogen (secondary N) is 2. The molecule has 0 aliphatic carbocycles. The topological polar surface area (TPSA) is 116 Å². The quantitative estimate of drug-likeness (QED) is 0.454. The van der Waals surface area contributed by atoms with Gasteiger partial charge in [0.2, 0.25) is 11.8 Å². The lowest BCUT2D eigenvalue weighted by Crippen LogP contribution is -2.49. The van der Waals surface area contributed by atoms with E-state index < -0.39 is 36.3 Å². The van der Waals surface area contributed by atoms with Crippen molar-refractivity contribution >= 4 is 29.7 Å². The van der Waals surface area contributed by atoms with Crippen LogP contribution in [-0.2, 0) is 19.2 Å². The van der Waals surface area contributed by atoms with Crippen LogP contribution in [0.15, 0.2) is 0 Å². The molecule has 6 amide bonds. The zero-order chi connectivity index (χ0) is 16.9. The van der Waals surface area contributed by atoms with E-state index >= 15 is 0 Å². The van der Waals surface area contributed by atoms with Crippen molar-refractivity contribution in [2.45, 2.75) is 33.2 Å². The Bertz CT molecular complexity index is 505. The highest BCUT2D eigenvalue weighted by Crippen LogP contribution is 2.12. The largest absolute Gasteiger partial charge is 0.355 e. The van der Waals surface area contributed by atoms with E-state index in [1.807, 2.05) is 0 Å². The van der Waals surface area contributed by atoms with Gasteiger partial charge in [-0.05, 0) is 20.3 Å². The number of urea groups is 1. The second-order valence-electron chi connectivity index (χ2n) is 4.81. The zero-order valence-corrected chi connectivity index (χ0v) is 12.8. The Labute approximate surface area is 128 Å². The minimum absolute atomic E-state index is 0.122. The van der Waals surface area contributed by atoms with Crippen LogP contribution in [0.4, 0.5) is 4.79 Å². The highest BCUT2D eigenvalue weighted by molar-refractivity contribution is 6.45. The Morgan fingerprint density at radius 1 is 1.09 bits per heavy atom. The first kappa shape index (κ1) is 17.6. The zero-order valence-electron chi connectivity index (χ0n) is 12.8. The molecule has 1 saturated heterocycles. The van der Waals surface area contributed by atoms with E-state index in [9.17, 15) is 24.0 Å². The second kappa shape index (κ2) is 7.53. The maximum Gasteiger partial charge on any atom is 0.334 e. The van der Waals surface area contributed by atoms with E-state index in [0.29, 0.717) is 17.9 Å². The van der Waals surface area contributed by atoms with Crippen molar-refractivity contribution in [3.05, 3.63) is 0 Å². The molecule has 9 nitrogen and oxygen atoms in total. The first-order valence-corrected chi connectivity index (χ1v) is 7.07. The van der Waals surface area contributed by atoms with Crippen molar-refractivity contribution in [3.8, 4) is 0 Å². The standard InChI is InChI=1S/C13H20N4O5/c1-4-6-16-11(20)12(21)17(13(16)22)7-9(18)15-8(3)10(19)14-5-2/h8H,4-7H2,1-3H3,(H,14,19)(H,15,18)/t8-/m1/s1. The van der Waals surface area contributed by atoms with E-state index in [0.717, 1.165) is 4.90 Å². The van der Waals surface area contributed by atoms with Crippen molar-refractivity contribution in [2.75, 3.05) is 19.6 Å². The predicted octanol–water partition coefficient (Wildman–Crippen LogP) is -1.17. The second-order valence-corrected chi connectivity index (χ2v) is 4.81. The Balaban J connectivity index is 2.64. The predicted molar refractivity (Wildman–Crippen MR) is 75.4 cm³/mol. The maximum atomic E-state index is 11.9. The lowest BCUT2D eigenvalue weighted by atomic mass is 10.3. The van der Waals surface area contributed by atoms with Gasteiger partial charge < -0.3 is 10.6 Å². The SMILES string of the molecule is CCCN1C(=O)C(=O)N(CC(=O)N[C@H](C)C(=O)NCC)C1=O. The summed E-state index contributed by atoms with van der Waals surface area (Å²) in [6, 6.07) is -1.61. The molecule has 2 N–H and O–H groups in total. The van der Waals surface area contributed by atoms with Gasteiger partial charge in [-0.2, -0.15) is 0 Å². The molecule has 1 fully saturated rings. The van der Waals surface area contributed by atoms with Crippen LogP contribution in [0.5, 0.6) is 0 Å². The summed E-state index contributed by atoms with van der Waals surface area (Å²) in [5, 5.41) is 4.90. The fraction of sp³-hybridized carbons (Fsp3) is 0.615. The average molecular weight is 312 g/mol. The summed E-state index contributed by atoms with van der Waals surface area (Å²) in [5.41, 5.74) is 0. The maximum absolute atomic E-state index is 11.9. The van der Waals surface area contributed by atoms with Crippen molar-refractivity contribution < 1.29 is 24.0 Å². The van der Waals surface area contributed by atoms with Gasteiger partial charge in [-0.3, -0.25) is 24.1 Å². The van der Waals surface area contributed by atoms with Crippen molar-refractivity contribution in [1.29, 1.82) is 0 Å². The lowest BCUT2D eigenvalue weighted by molar-refractivity contribution is -0.144. The van der Waals surface area contributed by atoms with Gasteiger partial charge in [0, 0.05) is 13.1 Å². The minimum Gasteiger partial charge on any atom is -0.355 e. The molecule has 0 spiro atoms. The molecule has 0 aromatic heterocycles. The number of nitrogens with zero attached hydrogens (tertiary/aromatic N) is 2. The molecule has 1 heterocycles. The molecule has 22 heavy (non-hydrogen) atoms. The van der Waals surface area contributed by atoms with Gasteiger partial charge in [-0.1, -0.05) is 6.92 Å². The minimum atomic E-state index is -1.03. The monoisotopic (exact) mass is 312 g/mol. The van der Waals surface area contributed by atoms with Gasteiger partial charge in [0.15, 0.2) is 0 Å². The summed E-state index contributed by atoms with van der Waals surface area (Å²) in [4.78, 5) is 60.0. The van der Waals surface area contributed by atoms with Crippen LogP contribution in [0.3, 0.4) is 0 Å². The van der Waals surface area contributed by atoms with Crippen molar-refractivity contribution in [3.63, 3.8) is 0 Å². The van der Waals surface area contributed by atoms with Crippen LogP contribution in [0.2, 0.25) is 0 Å². The molecule has 0 unspecified atom stereocenters. The molecule has 0 aromatic carbocycles. The summed E-state index contributed by atoms with van der Waals surface area (Å²) >= 11 is 0. The van der Waals surface area contributed by atoms with Crippen LogP contribution in [0, 0.1) is 0 Å². The highest BCUT2D eigenvalue weighted by Gasteiger charge is 2.44. The van der Waals surface area contributed by atoms with Crippen LogP contribution >= 0.6 is 0 Å². The summed E-state index contributed by atoms with van der Waals surface area (Å²) in [6.45, 7) is 4.92. The summed E-state index contributed by atoms with van der Waals surface area (Å²) in [5.74, 6) is -3.03. The molecule has 1 aliphatic rings. The van der Waals surface area contributed by atoms with Crippen molar-refractivity contribution in [1.82, 2.24) is 20.4 Å². The van der Waals surface area contributed by atoms with E-state index in [2.05, 4.69) is 10.6 Å². The summed E-state index contributed by atoms with van der Waals surface area (Å²) in [7, 11) is 0. The highest BCUT2D eigenvalue weighted by atomic mass is 16.2. The molecule has 0 saturated carbocycles. The molecular formula is C13H20N4O5. The molecule has 9 heteroatoms. The van der Waals surface area contributed by atoms with Gasteiger partial charge >= 0.3 is 17.8 Å². The van der Waals surface area contributed by atoms with Crippen LogP contribution in [0.25, 0.3) is 0 Å².